The average Bonchev–Trinajstić information content (AvgIpc) is 3.07. The maximum absolute atomic E-state index is 14.0. The molecule has 1 amide bonds. The molecule has 0 spiro atoms. The Morgan fingerprint density at radius 2 is 1.79 bits per heavy atom. The van der Waals surface area contributed by atoms with Gasteiger partial charge in [-0.15, -0.1) is 0 Å². The fraction of sp³-hybridized carbons (Fsp3) is 0.300. The molecule has 29 heavy (non-hydrogen) atoms. The van der Waals surface area contributed by atoms with E-state index in [9.17, 15) is 17.6 Å². The van der Waals surface area contributed by atoms with E-state index in [4.69, 9.17) is 0 Å². The van der Waals surface area contributed by atoms with E-state index >= 15 is 0 Å². The largest absolute Gasteiger partial charge is 0.308 e. The number of halogens is 1. The van der Waals surface area contributed by atoms with Crippen LogP contribution in [0.15, 0.2) is 47.4 Å². The maximum Gasteiger partial charge on any atom is 0.244 e. The average molecular weight is 436 g/mol. The van der Waals surface area contributed by atoms with Crippen molar-refractivity contribution in [2.45, 2.75) is 11.8 Å². The standard InChI is InChI=1S/C20H22FN3O3S2/c1-14-7-9-15(10-8-14)29(26,27)13-18(25)24(12-11-23(2)3)20-22-19-16(21)5-4-6-17(19)28-20/h4-10H,11-13H2,1-3H3. The van der Waals surface area contributed by atoms with E-state index in [2.05, 4.69) is 4.98 Å². The Bertz CT molecular complexity index is 1130. The summed E-state index contributed by atoms with van der Waals surface area (Å²) in [6.45, 7) is 2.61. The molecule has 0 aliphatic heterocycles. The van der Waals surface area contributed by atoms with Crippen molar-refractivity contribution in [3.8, 4) is 0 Å². The van der Waals surface area contributed by atoms with Gasteiger partial charge in [-0.1, -0.05) is 35.1 Å². The summed E-state index contributed by atoms with van der Waals surface area (Å²) in [4.78, 5) is 20.5. The third kappa shape index (κ3) is 4.98. The highest BCUT2D eigenvalue weighted by molar-refractivity contribution is 7.92. The van der Waals surface area contributed by atoms with E-state index in [0.29, 0.717) is 11.2 Å². The van der Waals surface area contributed by atoms with E-state index in [1.54, 1.807) is 24.3 Å². The summed E-state index contributed by atoms with van der Waals surface area (Å²) in [5.41, 5.74) is 1.11. The number of aromatic nitrogens is 1. The monoisotopic (exact) mass is 435 g/mol. The molecule has 9 heteroatoms. The van der Waals surface area contributed by atoms with Gasteiger partial charge in [-0.3, -0.25) is 9.69 Å². The summed E-state index contributed by atoms with van der Waals surface area (Å²) in [6, 6.07) is 11.0. The number of hydrogen-bond donors (Lipinski definition) is 0. The van der Waals surface area contributed by atoms with Crippen molar-refractivity contribution in [3.63, 3.8) is 0 Å². The highest BCUT2D eigenvalue weighted by atomic mass is 32.2. The summed E-state index contributed by atoms with van der Waals surface area (Å²) in [5, 5.41) is 0.288. The number of amides is 1. The number of para-hydroxylation sites is 1. The van der Waals surface area contributed by atoms with Crippen molar-refractivity contribution < 1.29 is 17.6 Å². The first-order valence-electron chi connectivity index (χ1n) is 8.97. The first-order chi connectivity index (χ1) is 13.7. The molecule has 1 aromatic heterocycles. The number of sulfone groups is 1. The van der Waals surface area contributed by atoms with E-state index in [-0.39, 0.29) is 22.1 Å². The fourth-order valence-corrected chi connectivity index (χ4v) is 4.94. The van der Waals surface area contributed by atoms with Gasteiger partial charge in [-0.2, -0.15) is 0 Å². The molecule has 0 N–H and O–H groups in total. The van der Waals surface area contributed by atoms with Crippen LogP contribution < -0.4 is 4.90 Å². The van der Waals surface area contributed by atoms with Gasteiger partial charge in [-0.25, -0.2) is 17.8 Å². The van der Waals surface area contributed by atoms with Crippen LogP contribution in [0.4, 0.5) is 9.52 Å². The molecule has 0 saturated heterocycles. The number of likely N-dealkylation sites (N-methyl/N-ethyl adjacent to an activating group) is 1. The topological polar surface area (TPSA) is 70.6 Å². The molecule has 2 aromatic carbocycles. The molecule has 0 aliphatic carbocycles. The molecule has 0 aliphatic rings. The summed E-state index contributed by atoms with van der Waals surface area (Å²) < 4.78 is 40.1. The van der Waals surface area contributed by atoms with Crippen molar-refractivity contribution in [1.82, 2.24) is 9.88 Å². The number of thiazole rings is 1. The minimum absolute atomic E-state index is 0.0966. The molecular formula is C20H22FN3O3S2. The number of benzene rings is 2. The van der Waals surface area contributed by atoms with Crippen molar-refractivity contribution in [2.75, 3.05) is 37.8 Å². The number of aryl methyl sites for hydroxylation is 1. The molecule has 6 nitrogen and oxygen atoms in total. The van der Waals surface area contributed by atoms with Crippen LogP contribution in [0.5, 0.6) is 0 Å². The second-order valence-corrected chi connectivity index (χ2v) is 10.0. The molecule has 0 bridgehead atoms. The Hall–Kier alpha value is -2.36. The van der Waals surface area contributed by atoms with Crippen LogP contribution in [0.1, 0.15) is 5.56 Å². The lowest BCUT2D eigenvalue weighted by molar-refractivity contribution is -0.116. The van der Waals surface area contributed by atoms with E-state index in [1.165, 1.54) is 23.1 Å². The highest BCUT2D eigenvalue weighted by Crippen LogP contribution is 2.30. The van der Waals surface area contributed by atoms with Crippen LogP contribution in [0.25, 0.3) is 10.2 Å². The number of nitrogens with zero attached hydrogens (tertiary/aromatic N) is 3. The Morgan fingerprint density at radius 3 is 2.41 bits per heavy atom. The van der Waals surface area contributed by atoms with Gasteiger partial charge < -0.3 is 4.90 Å². The quantitative estimate of drug-likeness (QED) is 0.570. The van der Waals surface area contributed by atoms with Crippen LogP contribution in [0, 0.1) is 12.7 Å². The summed E-state index contributed by atoms with van der Waals surface area (Å²) in [7, 11) is -0.106. The zero-order chi connectivity index (χ0) is 21.2. The zero-order valence-electron chi connectivity index (χ0n) is 16.4. The van der Waals surface area contributed by atoms with Gasteiger partial charge in [0.1, 0.15) is 17.1 Å². The molecule has 0 radical (unpaired) electrons. The fourth-order valence-electron chi connectivity index (χ4n) is 2.72. The van der Waals surface area contributed by atoms with Crippen LogP contribution in [0.3, 0.4) is 0 Å². The van der Waals surface area contributed by atoms with Crippen LogP contribution in [0.2, 0.25) is 0 Å². The molecule has 0 atom stereocenters. The first kappa shape index (κ1) is 21.4. The molecule has 0 saturated carbocycles. The minimum atomic E-state index is -3.81. The van der Waals surface area contributed by atoms with Gasteiger partial charge in [0.05, 0.1) is 9.60 Å². The number of rotatable bonds is 7. The van der Waals surface area contributed by atoms with Gasteiger partial charge in [-0.05, 0) is 45.3 Å². The van der Waals surface area contributed by atoms with Gasteiger partial charge in [0.25, 0.3) is 0 Å². The predicted octanol–water partition coefficient (Wildman–Crippen LogP) is 3.11. The second kappa shape index (κ2) is 8.56. The van der Waals surface area contributed by atoms with E-state index in [1.807, 2.05) is 25.9 Å². The van der Waals surface area contributed by atoms with Crippen molar-refractivity contribution in [3.05, 3.63) is 53.8 Å². The zero-order valence-corrected chi connectivity index (χ0v) is 18.1. The summed E-state index contributed by atoms with van der Waals surface area (Å²) >= 11 is 1.16. The van der Waals surface area contributed by atoms with Crippen LogP contribution >= 0.6 is 11.3 Å². The number of anilines is 1. The Balaban J connectivity index is 1.92. The summed E-state index contributed by atoms with van der Waals surface area (Å²) in [5.74, 6) is -1.74. The Kier molecular flexibility index (Phi) is 6.30. The molecule has 3 rings (SSSR count). The normalized spacial score (nSPS) is 11.9. The lowest BCUT2D eigenvalue weighted by atomic mass is 10.2. The van der Waals surface area contributed by atoms with Crippen molar-refractivity contribution >= 4 is 42.4 Å². The minimum Gasteiger partial charge on any atom is -0.308 e. The number of carbonyl (C=O) groups is 1. The van der Waals surface area contributed by atoms with Gasteiger partial charge >= 0.3 is 0 Å². The van der Waals surface area contributed by atoms with E-state index < -0.39 is 27.3 Å². The van der Waals surface area contributed by atoms with Crippen molar-refractivity contribution in [2.24, 2.45) is 0 Å². The number of fused-ring (bicyclic) bond motifs is 1. The highest BCUT2D eigenvalue weighted by Gasteiger charge is 2.27. The van der Waals surface area contributed by atoms with Crippen LogP contribution in [-0.4, -0.2) is 57.1 Å². The third-order valence-corrected chi connectivity index (χ3v) is 7.02. The second-order valence-electron chi connectivity index (χ2n) is 7.00. The predicted molar refractivity (Wildman–Crippen MR) is 114 cm³/mol. The molecular weight excluding hydrogens is 413 g/mol. The molecule has 3 aromatic rings. The lowest BCUT2D eigenvalue weighted by Crippen LogP contribution is -2.40. The molecule has 0 fully saturated rings. The molecule has 1 heterocycles. The van der Waals surface area contributed by atoms with Gasteiger partial charge in [0.15, 0.2) is 15.0 Å². The number of hydrogen-bond acceptors (Lipinski definition) is 6. The Morgan fingerprint density at radius 1 is 1.10 bits per heavy atom. The first-order valence-corrected chi connectivity index (χ1v) is 11.4. The molecule has 0 unspecified atom stereocenters. The van der Waals surface area contributed by atoms with E-state index in [0.717, 1.165) is 16.9 Å². The Labute approximate surface area is 173 Å². The van der Waals surface area contributed by atoms with Gasteiger partial charge in [0.2, 0.25) is 5.91 Å². The SMILES string of the molecule is Cc1ccc(S(=O)(=O)CC(=O)N(CCN(C)C)c2nc3c(F)cccc3s2)cc1. The van der Waals surface area contributed by atoms with Crippen LogP contribution in [-0.2, 0) is 14.6 Å². The summed E-state index contributed by atoms with van der Waals surface area (Å²) in [6.07, 6.45) is 0. The number of carbonyl (C=O) groups excluding carboxylic acids is 1. The van der Waals surface area contributed by atoms with Crippen molar-refractivity contribution in [1.29, 1.82) is 0 Å². The lowest BCUT2D eigenvalue weighted by Gasteiger charge is -2.22. The smallest absolute Gasteiger partial charge is 0.244 e. The van der Waals surface area contributed by atoms with Gasteiger partial charge in [0, 0.05) is 13.1 Å². The molecule has 154 valence electrons. The third-order valence-electron chi connectivity index (χ3n) is 4.35. The maximum atomic E-state index is 14.0.